The summed E-state index contributed by atoms with van der Waals surface area (Å²) < 4.78 is 65.1. The molecule has 0 spiro atoms. The van der Waals surface area contributed by atoms with Crippen LogP contribution in [0.3, 0.4) is 0 Å². The normalized spacial score (nSPS) is 14.6. The number of thioether (sulfide) groups is 1. The topological polar surface area (TPSA) is 116 Å². The Morgan fingerprint density at radius 2 is 1.69 bits per heavy atom. The molecule has 1 aliphatic rings. The van der Waals surface area contributed by atoms with Gasteiger partial charge in [-0.2, -0.15) is 13.2 Å². The molecule has 45 heavy (non-hydrogen) atoms. The van der Waals surface area contributed by atoms with Crippen LogP contribution in [0, 0.1) is 17.6 Å². The summed E-state index contributed by atoms with van der Waals surface area (Å²) in [6.07, 6.45) is -1.31. The first-order valence-corrected chi connectivity index (χ1v) is 14.9. The number of alkyl halides is 3. The van der Waals surface area contributed by atoms with Crippen LogP contribution in [0.15, 0.2) is 65.6 Å². The van der Waals surface area contributed by atoms with Crippen molar-refractivity contribution in [1.29, 1.82) is 0 Å². The van der Waals surface area contributed by atoms with Crippen molar-refractivity contribution in [2.45, 2.75) is 30.5 Å². The Morgan fingerprint density at radius 1 is 1.02 bits per heavy atom. The monoisotopic (exact) mass is 654 g/mol. The third-order valence-electron chi connectivity index (χ3n) is 6.72. The number of benzene rings is 3. The second-order valence-corrected chi connectivity index (χ2v) is 10.9. The van der Waals surface area contributed by atoms with Crippen molar-refractivity contribution in [3.63, 3.8) is 0 Å². The second-order valence-electron chi connectivity index (χ2n) is 10.1. The second kappa shape index (κ2) is 16.2. The number of ether oxygens (including phenoxy) is 1. The van der Waals surface area contributed by atoms with E-state index in [2.05, 4.69) is 5.32 Å². The van der Waals surface area contributed by atoms with E-state index >= 15 is 0 Å². The van der Waals surface area contributed by atoms with Crippen LogP contribution in [0.1, 0.15) is 28.8 Å². The van der Waals surface area contributed by atoms with Gasteiger partial charge in [-0.3, -0.25) is 9.59 Å². The van der Waals surface area contributed by atoms with Crippen molar-refractivity contribution in [2.75, 3.05) is 32.4 Å². The molecule has 3 aromatic carbocycles. The molecule has 1 atom stereocenters. The molecule has 0 aliphatic carbocycles. The maximum Gasteiger partial charge on any atom is 0.490 e. The van der Waals surface area contributed by atoms with Gasteiger partial charge in [0.15, 0.2) is 11.6 Å². The van der Waals surface area contributed by atoms with E-state index < -0.39 is 29.7 Å². The Hall–Kier alpha value is -4.17. The van der Waals surface area contributed by atoms with E-state index in [1.807, 2.05) is 6.07 Å². The van der Waals surface area contributed by atoms with Crippen LogP contribution in [0.5, 0.6) is 5.75 Å². The van der Waals surface area contributed by atoms with Gasteiger partial charge in [-0.15, -0.1) is 11.8 Å². The summed E-state index contributed by atoms with van der Waals surface area (Å²) in [6, 6.07) is 16.4. The molecule has 3 aromatic rings. The number of nitrogens with zero attached hydrogens (tertiary/aromatic N) is 1. The smallest absolute Gasteiger partial charge is 0.489 e. The molecule has 8 nitrogen and oxygen atoms in total. The number of rotatable bonds is 10. The molecular weight excluding hydrogens is 623 g/mol. The van der Waals surface area contributed by atoms with Crippen LogP contribution in [-0.4, -0.2) is 71.6 Å². The lowest BCUT2D eigenvalue weighted by atomic mass is 9.98. The molecule has 0 saturated carbocycles. The largest absolute Gasteiger partial charge is 0.490 e. The summed E-state index contributed by atoms with van der Waals surface area (Å²) in [5.74, 6) is -5.09. The lowest BCUT2D eigenvalue weighted by Gasteiger charge is -2.29. The van der Waals surface area contributed by atoms with Crippen LogP contribution in [0.25, 0.3) is 11.1 Å². The van der Waals surface area contributed by atoms with Gasteiger partial charge in [-0.25, -0.2) is 13.6 Å². The van der Waals surface area contributed by atoms with Gasteiger partial charge in [0, 0.05) is 17.0 Å². The van der Waals surface area contributed by atoms with Gasteiger partial charge in [0.1, 0.15) is 18.9 Å². The molecule has 4 rings (SSSR count). The van der Waals surface area contributed by atoms with Crippen molar-refractivity contribution < 1.29 is 51.3 Å². The molecule has 1 fully saturated rings. The van der Waals surface area contributed by atoms with Gasteiger partial charge in [-0.05, 0) is 91.2 Å². The first kappa shape index (κ1) is 35.3. The van der Waals surface area contributed by atoms with E-state index in [1.165, 1.54) is 28.8 Å². The van der Waals surface area contributed by atoms with E-state index in [4.69, 9.17) is 14.6 Å². The summed E-state index contributed by atoms with van der Waals surface area (Å²) in [6.45, 7) is 1.95. The molecule has 1 heterocycles. The SMILES string of the molecule is CSc1cc(F)c(F)cc1-c1ccc(OCc2cccc(C(=O)N(CC(=O)O)CC3CCCNC3)c2)cc1.O=C(O)C(F)(F)F. The van der Waals surface area contributed by atoms with Crippen molar-refractivity contribution in [1.82, 2.24) is 10.2 Å². The molecule has 14 heteroatoms. The average Bonchev–Trinajstić information content (AvgIpc) is 3.01. The Labute approximate surface area is 260 Å². The summed E-state index contributed by atoms with van der Waals surface area (Å²) >= 11 is 1.34. The number of carbonyl (C=O) groups excluding carboxylic acids is 1. The van der Waals surface area contributed by atoms with Crippen LogP contribution in [0.4, 0.5) is 22.0 Å². The number of hydrogen-bond acceptors (Lipinski definition) is 6. The number of piperidine rings is 1. The standard InChI is InChI=1S/C29H30F2N2O4S.C2HF3O2/c1-38-27-14-26(31)25(30)13-24(27)21-7-9-23(10-8-21)37-18-19-4-2-6-22(12-19)29(36)33(17-28(34)35)16-20-5-3-11-32-15-20;3-2(4,5)1(6)7/h2,4,6-10,12-14,20,32H,3,5,11,15-18H2,1H3,(H,34,35);(H,6,7). The molecular formula is C31H31F5N2O6S. The Kier molecular flexibility index (Phi) is 12.7. The van der Waals surface area contributed by atoms with E-state index in [0.29, 0.717) is 28.3 Å². The van der Waals surface area contributed by atoms with Gasteiger partial charge in [0.25, 0.3) is 5.91 Å². The number of aliphatic carboxylic acids is 2. The quantitative estimate of drug-likeness (QED) is 0.178. The predicted molar refractivity (Wildman–Crippen MR) is 157 cm³/mol. The number of carbonyl (C=O) groups is 3. The minimum Gasteiger partial charge on any atom is -0.489 e. The molecule has 242 valence electrons. The first-order valence-electron chi connectivity index (χ1n) is 13.7. The minimum atomic E-state index is -5.08. The lowest BCUT2D eigenvalue weighted by molar-refractivity contribution is -0.192. The van der Waals surface area contributed by atoms with Crippen LogP contribution in [0.2, 0.25) is 0 Å². The molecule has 3 N–H and O–H groups in total. The van der Waals surface area contributed by atoms with E-state index in [0.717, 1.165) is 37.1 Å². The molecule has 0 aromatic heterocycles. The fourth-order valence-electron chi connectivity index (χ4n) is 4.57. The van der Waals surface area contributed by atoms with Gasteiger partial charge in [0.05, 0.1) is 0 Å². The van der Waals surface area contributed by atoms with Gasteiger partial charge in [0.2, 0.25) is 0 Å². The van der Waals surface area contributed by atoms with Crippen molar-refractivity contribution >= 4 is 29.6 Å². The van der Waals surface area contributed by atoms with E-state index in [-0.39, 0.29) is 25.0 Å². The van der Waals surface area contributed by atoms with Gasteiger partial charge < -0.3 is 25.2 Å². The highest BCUT2D eigenvalue weighted by molar-refractivity contribution is 7.98. The minimum absolute atomic E-state index is 0.202. The molecule has 0 bridgehead atoms. The Balaban J connectivity index is 0.000000707. The molecule has 1 aliphatic heterocycles. The van der Waals surface area contributed by atoms with Crippen molar-refractivity contribution in [3.8, 4) is 16.9 Å². The van der Waals surface area contributed by atoms with Crippen LogP contribution in [-0.2, 0) is 16.2 Å². The maximum absolute atomic E-state index is 13.8. The molecule has 0 radical (unpaired) electrons. The number of carboxylic acid groups (broad SMARTS) is 2. The molecule has 1 unspecified atom stereocenters. The zero-order valence-corrected chi connectivity index (χ0v) is 24.9. The fourth-order valence-corrected chi connectivity index (χ4v) is 5.19. The van der Waals surface area contributed by atoms with Gasteiger partial charge in [-0.1, -0.05) is 24.3 Å². The predicted octanol–water partition coefficient (Wildman–Crippen LogP) is 6.09. The third kappa shape index (κ3) is 10.7. The summed E-state index contributed by atoms with van der Waals surface area (Å²) in [4.78, 5) is 35.6. The Bertz CT molecular complexity index is 1480. The average molecular weight is 655 g/mol. The number of hydrogen-bond donors (Lipinski definition) is 3. The van der Waals surface area contributed by atoms with Crippen molar-refractivity contribution in [3.05, 3.63) is 83.4 Å². The zero-order valence-electron chi connectivity index (χ0n) is 24.1. The van der Waals surface area contributed by atoms with E-state index in [9.17, 15) is 36.6 Å². The van der Waals surface area contributed by atoms with Crippen LogP contribution >= 0.6 is 11.8 Å². The summed E-state index contributed by atoms with van der Waals surface area (Å²) in [7, 11) is 0. The highest BCUT2D eigenvalue weighted by atomic mass is 32.2. The van der Waals surface area contributed by atoms with Crippen molar-refractivity contribution in [2.24, 2.45) is 5.92 Å². The van der Waals surface area contributed by atoms with Gasteiger partial charge >= 0.3 is 18.1 Å². The number of halogens is 5. The highest BCUT2D eigenvalue weighted by Gasteiger charge is 2.38. The van der Waals surface area contributed by atoms with E-state index in [1.54, 1.807) is 48.7 Å². The first-order chi connectivity index (χ1) is 21.3. The molecule has 1 amide bonds. The lowest BCUT2D eigenvalue weighted by Crippen LogP contribution is -2.43. The maximum atomic E-state index is 13.8. The summed E-state index contributed by atoms with van der Waals surface area (Å²) in [5.41, 5.74) is 2.51. The van der Waals surface area contributed by atoms with Crippen LogP contribution < -0.4 is 10.1 Å². The zero-order chi connectivity index (χ0) is 33.1. The Morgan fingerprint density at radius 3 is 2.27 bits per heavy atom. The molecule has 1 saturated heterocycles. The number of nitrogens with one attached hydrogen (secondary N) is 1. The number of carboxylic acids is 2. The fraction of sp³-hybridized carbons (Fsp3) is 0.323. The highest BCUT2D eigenvalue weighted by Crippen LogP contribution is 2.33. The summed E-state index contributed by atoms with van der Waals surface area (Å²) in [5, 5.41) is 19.8. The number of amides is 1. The third-order valence-corrected chi connectivity index (χ3v) is 7.50.